The maximum absolute atomic E-state index is 12.2. The van der Waals surface area contributed by atoms with E-state index in [0.717, 1.165) is 30.5 Å². The number of fused-ring (bicyclic) bond motifs is 1. The molecule has 1 aliphatic rings. The highest BCUT2D eigenvalue weighted by molar-refractivity contribution is 5.91. The first kappa shape index (κ1) is 24.1. The summed E-state index contributed by atoms with van der Waals surface area (Å²) in [6, 6.07) is 5.09. The zero-order valence-electron chi connectivity index (χ0n) is 17.6. The van der Waals surface area contributed by atoms with Crippen molar-refractivity contribution in [3.63, 3.8) is 0 Å². The van der Waals surface area contributed by atoms with Gasteiger partial charge in [0, 0.05) is 18.2 Å². The third-order valence-corrected chi connectivity index (χ3v) is 5.32. The summed E-state index contributed by atoms with van der Waals surface area (Å²) in [5.41, 5.74) is -0.853. The lowest BCUT2D eigenvalue weighted by molar-refractivity contribution is -0.277. The number of carbonyl (C=O) groups excluding carboxylic acids is 1. The molecule has 1 aliphatic heterocycles. The summed E-state index contributed by atoms with van der Waals surface area (Å²) in [5.74, 6) is -4.02. The Hall–Kier alpha value is -4.04. The number of esters is 1. The van der Waals surface area contributed by atoms with Crippen molar-refractivity contribution in [3.8, 4) is 28.7 Å². The minimum atomic E-state index is -1.79. The van der Waals surface area contributed by atoms with Crippen LogP contribution in [-0.4, -0.2) is 79.0 Å². The van der Waals surface area contributed by atoms with E-state index in [4.69, 9.17) is 18.6 Å². The van der Waals surface area contributed by atoms with Crippen LogP contribution >= 0.6 is 0 Å². The lowest BCUT2D eigenvalue weighted by Crippen LogP contribution is -2.60. The minimum absolute atomic E-state index is 0.0238. The molecule has 4 rings (SSSR count). The number of aliphatic hydroxyl groups is 3. The smallest absolute Gasteiger partial charge is 0.338 e. The van der Waals surface area contributed by atoms with Crippen LogP contribution < -0.4 is 10.2 Å². The Kier molecular flexibility index (Phi) is 6.41. The number of carbonyl (C=O) groups is 1. The van der Waals surface area contributed by atoms with Gasteiger partial charge in [-0.2, -0.15) is 0 Å². The molecule has 1 aromatic heterocycles. The summed E-state index contributed by atoms with van der Waals surface area (Å²) >= 11 is 0. The first-order valence-corrected chi connectivity index (χ1v) is 10.1. The van der Waals surface area contributed by atoms with Crippen molar-refractivity contribution in [2.24, 2.45) is 0 Å². The van der Waals surface area contributed by atoms with Gasteiger partial charge in [-0.1, -0.05) is 0 Å². The number of phenols is 4. The predicted molar refractivity (Wildman–Crippen MR) is 113 cm³/mol. The van der Waals surface area contributed by atoms with Crippen LogP contribution in [0.15, 0.2) is 45.8 Å². The van der Waals surface area contributed by atoms with Crippen LogP contribution in [0, 0.1) is 0 Å². The highest BCUT2D eigenvalue weighted by Gasteiger charge is 2.45. The van der Waals surface area contributed by atoms with Gasteiger partial charge in [0.25, 0.3) is 0 Å². The van der Waals surface area contributed by atoms with Gasteiger partial charge in [-0.15, -0.1) is 0 Å². The SMILES string of the molecule is O=C(OCC1OC(Oc2cc(O)c3c(=O)ccoc3c2)C(O)C(O)C1O)c1cc(O)c(O)c(O)c1. The molecule has 7 N–H and O–H groups in total. The Morgan fingerprint density at radius 2 is 1.60 bits per heavy atom. The van der Waals surface area contributed by atoms with Crippen LogP contribution in [-0.2, 0) is 9.47 Å². The summed E-state index contributed by atoms with van der Waals surface area (Å²) in [4.78, 5) is 24.1. The van der Waals surface area contributed by atoms with E-state index in [2.05, 4.69) is 0 Å². The number of phenolic OH excluding ortho intramolecular Hbond substituents is 4. The Morgan fingerprint density at radius 3 is 2.29 bits per heavy atom. The predicted octanol–water partition coefficient (Wildman–Crippen LogP) is -0.341. The zero-order chi connectivity index (χ0) is 25.4. The van der Waals surface area contributed by atoms with E-state index in [1.165, 1.54) is 6.07 Å². The number of aliphatic hydroxyl groups excluding tert-OH is 3. The van der Waals surface area contributed by atoms with Crippen molar-refractivity contribution >= 4 is 16.9 Å². The van der Waals surface area contributed by atoms with Crippen LogP contribution in [0.25, 0.3) is 11.0 Å². The molecule has 0 amide bonds. The zero-order valence-corrected chi connectivity index (χ0v) is 17.6. The van der Waals surface area contributed by atoms with Gasteiger partial charge in [0.1, 0.15) is 53.5 Å². The number of rotatable bonds is 5. The number of hydrogen-bond acceptors (Lipinski definition) is 13. The quantitative estimate of drug-likeness (QED) is 0.179. The maximum atomic E-state index is 12.2. The second kappa shape index (κ2) is 9.31. The van der Waals surface area contributed by atoms with Crippen LogP contribution in [0.2, 0.25) is 0 Å². The van der Waals surface area contributed by atoms with Gasteiger partial charge in [-0.3, -0.25) is 4.79 Å². The number of hydrogen-bond donors (Lipinski definition) is 7. The Balaban J connectivity index is 1.49. The number of ether oxygens (including phenoxy) is 3. The molecule has 0 spiro atoms. The van der Waals surface area contributed by atoms with Crippen molar-refractivity contribution in [2.45, 2.75) is 30.7 Å². The summed E-state index contributed by atoms with van der Waals surface area (Å²) in [7, 11) is 0. The molecule has 0 saturated carbocycles. The molecule has 186 valence electrons. The number of benzene rings is 2. The largest absolute Gasteiger partial charge is 0.507 e. The normalized spacial score (nSPS) is 24.3. The van der Waals surface area contributed by atoms with Gasteiger partial charge in [-0.05, 0) is 12.1 Å². The third kappa shape index (κ3) is 4.65. The van der Waals surface area contributed by atoms with E-state index >= 15 is 0 Å². The Morgan fingerprint density at radius 1 is 0.914 bits per heavy atom. The van der Waals surface area contributed by atoms with Gasteiger partial charge in [0.15, 0.2) is 22.7 Å². The molecule has 1 saturated heterocycles. The van der Waals surface area contributed by atoms with Gasteiger partial charge in [0.2, 0.25) is 6.29 Å². The van der Waals surface area contributed by atoms with Crippen molar-refractivity contribution in [3.05, 3.63) is 52.4 Å². The highest BCUT2D eigenvalue weighted by atomic mass is 16.7. The summed E-state index contributed by atoms with van der Waals surface area (Å²) < 4.78 is 21.1. The Bertz CT molecular complexity index is 1290. The molecular weight excluding hydrogens is 472 g/mol. The lowest BCUT2D eigenvalue weighted by atomic mass is 9.99. The second-order valence-corrected chi connectivity index (χ2v) is 7.69. The highest BCUT2D eigenvalue weighted by Crippen LogP contribution is 2.36. The maximum Gasteiger partial charge on any atom is 0.338 e. The molecule has 0 bridgehead atoms. The van der Waals surface area contributed by atoms with E-state index < -0.39 is 71.7 Å². The fourth-order valence-electron chi connectivity index (χ4n) is 3.49. The van der Waals surface area contributed by atoms with Crippen LogP contribution in [0.5, 0.6) is 28.7 Å². The molecule has 0 radical (unpaired) electrons. The summed E-state index contributed by atoms with van der Waals surface area (Å²) in [6.45, 7) is -0.649. The van der Waals surface area contributed by atoms with E-state index in [-0.39, 0.29) is 22.3 Å². The topological polar surface area (TPSA) is 217 Å². The van der Waals surface area contributed by atoms with Crippen LogP contribution in [0.1, 0.15) is 10.4 Å². The average Bonchev–Trinajstić information content (AvgIpc) is 2.81. The van der Waals surface area contributed by atoms with Crippen molar-refractivity contribution in [1.82, 2.24) is 0 Å². The summed E-state index contributed by atoms with van der Waals surface area (Å²) in [6.07, 6.45) is -7.14. The van der Waals surface area contributed by atoms with E-state index in [0.29, 0.717) is 0 Å². The van der Waals surface area contributed by atoms with Gasteiger partial charge in [-0.25, -0.2) is 4.79 Å². The van der Waals surface area contributed by atoms with Crippen LogP contribution in [0.3, 0.4) is 0 Å². The monoisotopic (exact) mass is 492 g/mol. The standard InChI is InChI=1S/C22H20O13/c23-10-1-2-32-14-6-9(5-11(24)16(10)14)34-22-20(30)19(29)18(28)15(35-22)7-33-21(31)8-3-12(25)17(27)13(26)4-8/h1-6,15,18-20,22,24-30H,7H2. The number of aromatic hydroxyl groups is 4. The fraction of sp³-hybridized carbons (Fsp3) is 0.273. The van der Waals surface area contributed by atoms with E-state index in [9.17, 15) is 45.3 Å². The molecule has 2 heterocycles. The molecule has 3 aromatic rings. The van der Waals surface area contributed by atoms with Crippen molar-refractivity contribution in [2.75, 3.05) is 6.61 Å². The lowest BCUT2D eigenvalue weighted by Gasteiger charge is -2.39. The van der Waals surface area contributed by atoms with E-state index in [1.54, 1.807) is 0 Å². The van der Waals surface area contributed by atoms with E-state index in [1.807, 2.05) is 0 Å². The van der Waals surface area contributed by atoms with Crippen LogP contribution in [0.4, 0.5) is 0 Å². The summed E-state index contributed by atoms with van der Waals surface area (Å²) in [5, 5.41) is 69.2. The Labute approximate surface area is 195 Å². The minimum Gasteiger partial charge on any atom is -0.507 e. The third-order valence-electron chi connectivity index (χ3n) is 5.32. The molecule has 13 heteroatoms. The fourth-order valence-corrected chi connectivity index (χ4v) is 3.49. The average molecular weight is 492 g/mol. The van der Waals surface area contributed by atoms with Crippen molar-refractivity contribution < 1.29 is 59.2 Å². The van der Waals surface area contributed by atoms with Gasteiger partial charge >= 0.3 is 5.97 Å². The van der Waals surface area contributed by atoms with Crippen molar-refractivity contribution in [1.29, 1.82) is 0 Å². The first-order chi connectivity index (χ1) is 16.6. The first-order valence-electron chi connectivity index (χ1n) is 10.1. The molecule has 5 unspecified atom stereocenters. The molecule has 13 nitrogen and oxygen atoms in total. The second-order valence-electron chi connectivity index (χ2n) is 7.69. The molecule has 0 aliphatic carbocycles. The molecule has 5 atom stereocenters. The molecular formula is C22H20O13. The molecule has 2 aromatic carbocycles. The molecule has 35 heavy (non-hydrogen) atoms. The molecule has 1 fully saturated rings. The van der Waals surface area contributed by atoms with Gasteiger partial charge < -0.3 is 54.4 Å². The van der Waals surface area contributed by atoms with Gasteiger partial charge in [0.05, 0.1) is 11.8 Å².